The Morgan fingerprint density at radius 1 is 1.43 bits per heavy atom. The second-order valence-corrected chi connectivity index (χ2v) is 3.39. The molecule has 1 aromatic rings. The van der Waals surface area contributed by atoms with E-state index in [1.807, 2.05) is 24.3 Å². The Morgan fingerprint density at radius 3 is 2.79 bits per heavy atom. The average Bonchev–Trinajstić information content (AvgIpc) is 2.18. The van der Waals surface area contributed by atoms with E-state index in [0.717, 1.165) is 24.4 Å². The molecule has 3 N–H and O–H groups in total. The summed E-state index contributed by atoms with van der Waals surface area (Å²) in [5, 5.41) is 11.2. The summed E-state index contributed by atoms with van der Waals surface area (Å²) >= 11 is 0. The van der Waals surface area contributed by atoms with Gasteiger partial charge in [-0.1, -0.05) is 12.1 Å². The van der Waals surface area contributed by atoms with Gasteiger partial charge in [-0.05, 0) is 19.1 Å². The number of hydrogen-bond acceptors (Lipinski definition) is 2. The third-order valence-corrected chi connectivity index (χ3v) is 2.06. The molecule has 0 saturated heterocycles. The van der Waals surface area contributed by atoms with Crippen molar-refractivity contribution >= 4 is 0 Å². The lowest BCUT2D eigenvalue weighted by Crippen LogP contribution is -2.84. The number of aliphatic hydroxyl groups is 1. The molecular formula is C11H18NO2+. The van der Waals surface area contributed by atoms with E-state index in [4.69, 9.17) is 9.84 Å². The molecule has 0 bridgehead atoms. The molecule has 1 atom stereocenters. The second-order valence-electron chi connectivity index (χ2n) is 3.39. The Morgan fingerprint density at radius 2 is 2.14 bits per heavy atom. The molecule has 78 valence electrons. The smallest absolute Gasteiger partial charge is 0.127 e. The summed E-state index contributed by atoms with van der Waals surface area (Å²) in [6, 6.07) is 7.94. The van der Waals surface area contributed by atoms with Crippen molar-refractivity contribution in [2.75, 3.05) is 13.7 Å². The van der Waals surface area contributed by atoms with Gasteiger partial charge < -0.3 is 15.2 Å². The number of rotatable bonds is 5. The zero-order valence-corrected chi connectivity index (χ0v) is 8.73. The van der Waals surface area contributed by atoms with E-state index in [9.17, 15) is 0 Å². The third-order valence-electron chi connectivity index (χ3n) is 2.06. The molecule has 0 aromatic heterocycles. The number of quaternary nitrogens is 1. The minimum absolute atomic E-state index is 0.260. The summed E-state index contributed by atoms with van der Waals surface area (Å²) in [5.41, 5.74) is 1.16. The first kappa shape index (κ1) is 11.0. The Labute approximate surface area is 84.7 Å². The lowest BCUT2D eigenvalue weighted by molar-refractivity contribution is -0.676. The SMILES string of the molecule is COc1ccccc1C[NH2+]C[C@H](C)O. The van der Waals surface area contributed by atoms with Crippen molar-refractivity contribution in [3.05, 3.63) is 29.8 Å². The van der Waals surface area contributed by atoms with Crippen molar-refractivity contribution in [3.8, 4) is 5.75 Å². The average molecular weight is 196 g/mol. The number of para-hydroxylation sites is 1. The number of aliphatic hydroxyl groups excluding tert-OH is 1. The van der Waals surface area contributed by atoms with Gasteiger partial charge in [0.25, 0.3) is 0 Å². The summed E-state index contributed by atoms with van der Waals surface area (Å²) in [7, 11) is 1.67. The lowest BCUT2D eigenvalue weighted by atomic mass is 10.2. The molecule has 0 fully saturated rings. The van der Waals surface area contributed by atoms with Crippen molar-refractivity contribution in [2.24, 2.45) is 0 Å². The van der Waals surface area contributed by atoms with E-state index in [1.165, 1.54) is 0 Å². The monoisotopic (exact) mass is 196 g/mol. The standard InChI is InChI=1S/C11H17NO2/c1-9(13)7-12-8-10-5-3-4-6-11(10)14-2/h3-6,9,12-13H,7-8H2,1-2H3/p+1/t9-/m0/s1. The van der Waals surface area contributed by atoms with Crippen molar-refractivity contribution in [2.45, 2.75) is 19.6 Å². The normalized spacial score (nSPS) is 12.5. The minimum Gasteiger partial charge on any atom is -0.496 e. The fourth-order valence-corrected chi connectivity index (χ4v) is 1.35. The van der Waals surface area contributed by atoms with Gasteiger partial charge in [0.15, 0.2) is 0 Å². The second kappa shape index (κ2) is 5.62. The van der Waals surface area contributed by atoms with Crippen LogP contribution in [0, 0.1) is 0 Å². The van der Waals surface area contributed by atoms with Crippen LogP contribution in [-0.2, 0) is 6.54 Å². The van der Waals surface area contributed by atoms with Crippen LogP contribution in [0.1, 0.15) is 12.5 Å². The van der Waals surface area contributed by atoms with Crippen molar-refractivity contribution in [3.63, 3.8) is 0 Å². The van der Waals surface area contributed by atoms with Gasteiger partial charge in [-0.2, -0.15) is 0 Å². The fourth-order valence-electron chi connectivity index (χ4n) is 1.35. The Hall–Kier alpha value is -1.06. The molecule has 0 aliphatic heterocycles. The summed E-state index contributed by atoms with van der Waals surface area (Å²) in [5.74, 6) is 0.911. The highest BCUT2D eigenvalue weighted by Gasteiger charge is 2.04. The maximum Gasteiger partial charge on any atom is 0.127 e. The highest BCUT2D eigenvalue weighted by Crippen LogP contribution is 2.15. The first-order valence-corrected chi connectivity index (χ1v) is 4.85. The van der Waals surface area contributed by atoms with Gasteiger partial charge in [-0.3, -0.25) is 0 Å². The van der Waals surface area contributed by atoms with Crippen LogP contribution in [0.2, 0.25) is 0 Å². The van der Waals surface area contributed by atoms with Crippen LogP contribution in [0.5, 0.6) is 5.75 Å². The lowest BCUT2D eigenvalue weighted by Gasteiger charge is -2.07. The van der Waals surface area contributed by atoms with Gasteiger partial charge in [0, 0.05) is 5.56 Å². The maximum absolute atomic E-state index is 9.09. The molecule has 0 aliphatic rings. The van der Waals surface area contributed by atoms with Crippen LogP contribution in [0.25, 0.3) is 0 Å². The molecule has 3 heteroatoms. The molecule has 0 unspecified atom stereocenters. The summed E-state index contributed by atoms with van der Waals surface area (Å²) < 4.78 is 5.22. The van der Waals surface area contributed by atoms with Crippen molar-refractivity contribution < 1.29 is 15.2 Å². The number of benzene rings is 1. The zero-order valence-electron chi connectivity index (χ0n) is 8.73. The van der Waals surface area contributed by atoms with Gasteiger partial charge in [0.05, 0.1) is 13.2 Å². The van der Waals surface area contributed by atoms with Crippen LogP contribution in [-0.4, -0.2) is 24.9 Å². The molecule has 14 heavy (non-hydrogen) atoms. The molecule has 0 saturated carbocycles. The van der Waals surface area contributed by atoms with Crippen molar-refractivity contribution in [1.29, 1.82) is 0 Å². The van der Waals surface area contributed by atoms with E-state index >= 15 is 0 Å². The number of methoxy groups -OCH3 is 1. The molecule has 0 aliphatic carbocycles. The zero-order chi connectivity index (χ0) is 10.4. The largest absolute Gasteiger partial charge is 0.496 e. The highest BCUT2D eigenvalue weighted by atomic mass is 16.5. The topological polar surface area (TPSA) is 46.1 Å². The van der Waals surface area contributed by atoms with Gasteiger partial charge >= 0.3 is 0 Å². The number of nitrogens with two attached hydrogens (primary N) is 1. The minimum atomic E-state index is -0.260. The number of hydrogen-bond donors (Lipinski definition) is 2. The van der Waals surface area contributed by atoms with Crippen LogP contribution in [0.4, 0.5) is 0 Å². The van der Waals surface area contributed by atoms with Crippen molar-refractivity contribution in [1.82, 2.24) is 0 Å². The van der Waals surface area contributed by atoms with Gasteiger partial charge in [-0.25, -0.2) is 0 Å². The summed E-state index contributed by atoms with van der Waals surface area (Å²) in [6.07, 6.45) is -0.260. The molecule has 1 aromatic carbocycles. The highest BCUT2D eigenvalue weighted by molar-refractivity contribution is 5.32. The van der Waals surface area contributed by atoms with E-state index in [-0.39, 0.29) is 6.10 Å². The Kier molecular flexibility index (Phi) is 4.43. The summed E-state index contributed by atoms with van der Waals surface area (Å²) in [6.45, 7) is 3.35. The van der Waals surface area contributed by atoms with E-state index in [0.29, 0.717) is 0 Å². The van der Waals surface area contributed by atoms with Crippen LogP contribution in [0.3, 0.4) is 0 Å². The first-order chi connectivity index (χ1) is 6.74. The van der Waals surface area contributed by atoms with Gasteiger partial charge in [-0.15, -0.1) is 0 Å². The van der Waals surface area contributed by atoms with Gasteiger partial charge in [0.2, 0.25) is 0 Å². The predicted octanol–water partition coefficient (Wildman–Crippen LogP) is 0.139. The van der Waals surface area contributed by atoms with E-state index in [1.54, 1.807) is 14.0 Å². The Balaban J connectivity index is 2.49. The van der Waals surface area contributed by atoms with E-state index < -0.39 is 0 Å². The maximum atomic E-state index is 9.09. The van der Waals surface area contributed by atoms with Crippen LogP contribution >= 0.6 is 0 Å². The van der Waals surface area contributed by atoms with Crippen LogP contribution < -0.4 is 10.1 Å². The molecule has 0 spiro atoms. The first-order valence-electron chi connectivity index (χ1n) is 4.85. The molecule has 0 heterocycles. The summed E-state index contributed by atoms with van der Waals surface area (Å²) in [4.78, 5) is 0. The molecule has 1 rings (SSSR count). The fraction of sp³-hybridized carbons (Fsp3) is 0.455. The molecular weight excluding hydrogens is 178 g/mol. The Bertz CT molecular complexity index is 274. The number of ether oxygens (including phenoxy) is 1. The quantitative estimate of drug-likeness (QED) is 0.703. The third kappa shape index (κ3) is 3.36. The van der Waals surface area contributed by atoms with E-state index in [2.05, 4.69) is 5.32 Å². The predicted molar refractivity (Wildman–Crippen MR) is 55.2 cm³/mol. The van der Waals surface area contributed by atoms with Gasteiger partial charge in [0.1, 0.15) is 18.8 Å². The van der Waals surface area contributed by atoms with Crippen LogP contribution in [0.15, 0.2) is 24.3 Å². The molecule has 3 nitrogen and oxygen atoms in total. The molecule has 0 radical (unpaired) electrons. The molecule has 0 amide bonds.